The highest BCUT2D eigenvalue weighted by molar-refractivity contribution is 5.29. The molecule has 1 N–H and O–H groups in total. The quantitative estimate of drug-likeness (QED) is 0.762. The van der Waals surface area contributed by atoms with E-state index < -0.39 is 0 Å². The lowest BCUT2D eigenvalue weighted by atomic mass is 10.0. The van der Waals surface area contributed by atoms with Gasteiger partial charge < -0.3 is 5.11 Å². The average molecular weight is 214 g/mol. The van der Waals surface area contributed by atoms with Crippen LogP contribution in [0.15, 0.2) is 24.3 Å². The van der Waals surface area contributed by atoms with Gasteiger partial charge in [-0.2, -0.15) is 0 Å². The van der Waals surface area contributed by atoms with Crippen LogP contribution in [0, 0.1) is 11.8 Å². The van der Waals surface area contributed by atoms with Gasteiger partial charge in [-0.1, -0.05) is 24.3 Å². The van der Waals surface area contributed by atoms with E-state index in [1.807, 2.05) is 6.92 Å². The molecular formula is C15H18O. The zero-order chi connectivity index (χ0) is 11.4. The average Bonchev–Trinajstić information content (AvgIpc) is 3.13. The second-order valence-electron chi connectivity index (χ2n) is 4.42. The number of benzene rings is 1. The summed E-state index contributed by atoms with van der Waals surface area (Å²) in [5.41, 5.74) is 2.44. The van der Waals surface area contributed by atoms with E-state index in [4.69, 9.17) is 0 Å². The van der Waals surface area contributed by atoms with E-state index in [-0.39, 0.29) is 6.10 Å². The number of hydrogen-bond acceptors (Lipinski definition) is 1. The summed E-state index contributed by atoms with van der Waals surface area (Å²) in [4.78, 5) is 0. The third-order valence-electron chi connectivity index (χ3n) is 3.09. The van der Waals surface area contributed by atoms with Crippen molar-refractivity contribution < 1.29 is 5.11 Å². The normalized spacial score (nSPS) is 16.4. The predicted molar refractivity (Wildman–Crippen MR) is 66.1 cm³/mol. The summed E-state index contributed by atoms with van der Waals surface area (Å²) in [6.45, 7) is 1.83. The molecule has 0 aliphatic heterocycles. The molecule has 1 aliphatic rings. The minimum atomic E-state index is -0.367. The Kier molecular flexibility index (Phi) is 3.64. The molecular weight excluding hydrogens is 196 g/mol. The van der Waals surface area contributed by atoms with Crippen LogP contribution in [0.5, 0.6) is 0 Å². The minimum Gasteiger partial charge on any atom is -0.388 e. The SMILES string of the molecule is CC#CCCC(O)c1ccc(C2CC2)cc1. The van der Waals surface area contributed by atoms with E-state index >= 15 is 0 Å². The Hall–Kier alpha value is -1.26. The Morgan fingerprint density at radius 3 is 2.56 bits per heavy atom. The van der Waals surface area contributed by atoms with Gasteiger partial charge in [0.2, 0.25) is 0 Å². The van der Waals surface area contributed by atoms with Crippen LogP contribution in [0.2, 0.25) is 0 Å². The second-order valence-corrected chi connectivity index (χ2v) is 4.42. The number of aliphatic hydroxyl groups is 1. The molecule has 2 rings (SSSR count). The second kappa shape index (κ2) is 5.18. The highest BCUT2D eigenvalue weighted by Crippen LogP contribution is 2.40. The smallest absolute Gasteiger partial charge is 0.0799 e. The molecule has 84 valence electrons. The molecule has 0 saturated heterocycles. The Balaban J connectivity index is 1.93. The standard InChI is InChI=1S/C15H18O/c1-2-3-4-5-15(16)14-10-8-13(9-11-14)12-6-7-12/h8-12,15-16H,4-7H2,1H3. The molecule has 16 heavy (non-hydrogen) atoms. The molecule has 1 aliphatic carbocycles. The maximum Gasteiger partial charge on any atom is 0.0799 e. The van der Waals surface area contributed by atoms with Gasteiger partial charge in [-0.25, -0.2) is 0 Å². The lowest BCUT2D eigenvalue weighted by molar-refractivity contribution is 0.169. The molecule has 1 unspecified atom stereocenters. The van der Waals surface area contributed by atoms with Gasteiger partial charge in [0.05, 0.1) is 6.10 Å². The molecule has 1 fully saturated rings. The maximum atomic E-state index is 9.92. The van der Waals surface area contributed by atoms with E-state index in [0.717, 1.165) is 24.3 Å². The Morgan fingerprint density at radius 1 is 1.31 bits per heavy atom. The van der Waals surface area contributed by atoms with Crippen LogP contribution in [-0.4, -0.2) is 5.11 Å². The molecule has 0 spiro atoms. The third-order valence-corrected chi connectivity index (χ3v) is 3.09. The molecule has 0 heterocycles. The zero-order valence-corrected chi connectivity index (χ0v) is 9.74. The van der Waals surface area contributed by atoms with E-state index in [0.29, 0.717) is 0 Å². The van der Waals surface area contributed by atoms with Gasteiger partial charge in [0, 0.05) is 6.42 Å². The molecule has 1 heteroatoms. The number of rotatable bonds is 4. The van der Waals surface area contributed by atoms with Crippen molar-refractivity contribution in [2.75, 3.05) is 0 Å². The van der Waals surface area contributed by atoms with Crippen molar-refractivity contribution in [3.63, 3.8) is 0 Å². The monoisotopic (exact) mass is 214 g/mol. The molecule has 0 radical (unpaired) electrons. The topological polar surface area (TPSA) is 20.2 Å². The fourth-order valence-corrected chi connectivity index (χ4v) is 1.91. The van der Waals surface area contributed by atoms with Gasteiger partial charge in [0.25, 0.3) is 0 Å². The lowest BCUT2D eigenvalue weighted by Crippen LogP contribution is -1.96. The van der Waals surface area contributed by atoms with E-state index in [1.54, 1.807) is 0 Å². The van der Waals surface area contributed by atoms with Gasteiger partial charge in [-0.05, 0) is 43.2 Å². The van der Waals surface area contributed by atoms with Crippen LogP contribution in [0.3, 0.4) is 0 Å². The minimum absolute atomic E-state index is 0.367. The molecule has 1 aromatic carbocycles. The summed E-state index contributed by atoms with van der Waals surface area (Å²) >= 11 is 0. The largest absolute Gasteiger partial charge is 0.388 e. The third kappa shape index (κ3) is 2.87. The van der Waals surface area contributed by atoms with Crippen molar-refractivity contribution >= 4 is 0 Å². The van der Waals surface area contributed by atoms with E-state index in [1.165, 1.54) is 18.4 Å². The highest BCUT2D eigenvalue weighted by atomic mass is 16.3. The van der Waals surface area contributed by atoms with Gasteiger partial charge in [-0.3, -0.25) is 0 Å². The Morgan fingerprint density at radius 2 is 2.00 bits per heavy atom. The Bertz CT molecular complexity index is 390. The van der Waals surface area contributed by atoms with Crippen molar-refractivity contribution in [2.45, 2.75) is 44.6 Å². The summed E-state index contributed by atoms with van der Waals surface area (Å²) in [6.07, 6.45) is 3.78. The fourth-order valence-electron chi connectivity index (χ4n) is 1.91. The summed E-state index contributed by atoms with van der Waals surface area (Å²) in [5, 5.41) is 9.92. The van der Waals surface area contributed by atoms with Gasteiger partial charge in [0.15, 0.2) is 0 Å². The van der Waals surface area contributed by atoms with E-state index in [2.05, 4.69) is 36.1 Å². The van der Waals surface area contributed by atoms with Crippen LogP contribution < -0.4 is 0 Å². The van der Waals surface area contributed by atoms with Crippen molar-refractivity contribution in [1.82, 2.24) is 0 Å². The predicted octanol–water partition coefficient (Wildman–Crippen LogP) is 3.40. The summed E-state index contributed by atoms with van der Waals surface area (Å²) in [6, 6.07) is 8.42. The molecule has 1 nitrogen and oxygen atoms in total. The number of aliphatic hydroxyl groups excluding tert-OH is 1. The van der Waals surface area contributed by atoms with E-state index in [9.17, 15) is 5.11 Å². The first-order chi connectivity index (χ1) is 7.81. The zero-order valence-electron chi connectivity index (χ0n) is 9.74. The van der Waals surface area contributed by atoms with Crippen LogP contribution in [-0.2, 0) is 0 Å². The van der Waals surface area contributed by atoms with Crippen molar-refractivity contribution in [1.29, 1.82) is 0 Å². The van der Waals surface area contributed by atoms with Crippen LogP contribution in [0.4, 0.5) is 0 Å². The highest BCUT2D eigenvalue weighted by Gasteiger charge is 2.23. The maximum absolute atomic E-state index is 9.92. The van der Waals surface area contributed by atoms with Gasteiger partial charge >= 0.3 is 0 Å². The summed E-state index contributed by atoms with van der Waals surface area (Å²) in [7, 11) is 0. The summed E-state index contributed by atoms with van der Waals surface area (Å²) in [5.74, 6) is 6.61. The lowest BCUT2D eigenvalue weighted by Gasteiger charge is -2.09. The molecule has 1 saturated carbocycles. The first-order valence-electron chi connectivity index (χ1n) is 5.99. The van der Waals surface area contributed by atoms with Crippen molar-refractivity contribution in [3.8, 4) is 11.8 Å². The number of hydrogen-bond donors (Lipinski definition) is 1. The van der Waals surface area contributed by atoms with Crippen LogP contribution in [0.1, 0.15) is 55.8 Å². The van der Waals surface area contributed by atoms with Crippen molar-refractivity contribution in [2.24, 2.45) is 0 Å². The van der Waals surface area contributed by atoms with Crippen LogP contribution in [0.25, 0.3) is 0 Å². The van der Waals surface area contributed by atoms with Gasteiger partial charge in [0.1, 0.15) is 0 Å². The van der Waals surface area contributed by atoms with Crippen LogP contribution >= 0.6 is 0 Å². The van der Waals surface area contributed by atoms with Gasteiger partial charge in [-0.15, -0.1) is 11.8 Å². The fraction of sp³-hybridized carbons (Fsp3) is 0.467. The molecule has 1 atom stereocenters. The molecule has 1 aromatic rings. The molecule has 0 amide bonds. The Labute approximate surface area is 97.5 Å². The first kappa shape index (κ1) is 11.2. The summed E-state index contributed by atoms with van der Waals surface area (Å²) < 4.78 is 0. The first-order valence-corrected chi connectivity index (χ1v) is 5.99. The van der Waals surface area contributed by atoms with Crippen molar-refractivity contribution in [3.05, 3.63) is 35.4 Å². The molecule has 0 bridgehead atoms. The molecule has 0 aromatic heterocycles.